The van der Waals surface area contributed by atoms with E-state index in [4.69, 9.17) is 30.2 Å². The van der Waals surface area contributed by atoms with Crippen LogP contribution in [-0.4, -0.2) is 112 Å². The van der Waals surface area contributed by atoms with Gasteiger partial charge in [0.2, 0.25) is 6.29 Å². The van der Waals surface area contributed by atoms with E-state index in [0.29, 0.717) is 5.90 Å². The number of oxime groups is 1. The summed E-state index contributed by atoms with van der Waals surface area (Å²) in [7, 11) is 0. The molecule has 12 heteroatoms. The van der Waals surface area contributed by atoms with Crippen LogP contribution in [0.25, 0.3) is 0 Å². The first-order valence-corrected chi connectivity index (χ1v) is 8.96. The highest BCUT2D eigenvalue weighted by Crippen LogP contribution is 2.32. The molecule has 162 valence electrons. The van der Waals surface area contributed by atoms with Gasteiger partial charge in [-0.3, -0.25) is 0 Å². The Morgan fingerprint density at radius 2 is 1.93 bits per heavy atom. The third kappa shape index (κ3) is 4.52. The van der Waals surface area contributed by atoms with Crippen LogP contribution in [-0.2, 0) is 23.8 Å². The molecule has 5 N–H and O–H groups in total. The van der Waals surface area contributed by atoms with Crippen molar-refractivity contribution >= 4 is 12.1 Å². The Labute approximate surface area is 166 Å². The van der Waals surface area contributed by atoms with E-state index in [0.717, 1.165) is 6.21 Å². The van der Waals surface area contributed by atoms with Gasteiger partial charge in [0.15, 0.2) is 18.8 Å². The van der Waals surface area contributed by atoms with Crippen molar-refractivity contribution in [3.8, 4) is 12.3 Å². The highest BCUT2D eigenvalue weighted by Gasteiger charge is 2.52. The Bertz CT molecular complexity index is 667. The van der Waals surface area contributed by atoms with Gasteiger partial charge in [0.25, 0.3) is 0 Å². The fourth-order valence-electron chi connectivity index (χ4n) is 3.31. The molecule has 3 heterocycles. The van der Waals surface area contributed by atoms with Crippen LogP contribution in [0.15, 0.2) is 10.1 Å². The molecule has 0 aromatic carbocycles. The normalized spacial score (nSPS) is 44.7. The largest absolute Gasteiger partial charge is 0.450 e. The predicted octanol–water partition coefficient (Wildman–Crippen LogP) is -3.29. The highest BCUT2D eigenvalue weighted by molar-refractivity contribution is 5.75. The third-order valence-corrected chi connectivity index (χ3v) is 4.77. The molecule has 0 radical (unpaired) electrons. The van der Waals surface area contributed by atoms with Gasteiger partial charge in [0, 0.05) is 6.92 Å². The van der Waals surface area contributed by atoms with Gasteiger partial charge in [-0.15, -0.1) is 6.42 Å². The van der Waals surface area contributed by atoms with Gasteiger partial charge in [0.1, 0.15) is 48.8 Å². The molecular formula is C17H24N2O10. The number of aliphatic imine (C=N–C) groups is 1. The van der Waals surface area contributed by atoms with Gasteiger partial charge in [-0.05, 0) is 0 Å². The molecule has 0 spiro atoms. The molecule has 0 aliphatic carbocycles. The summed E-state index contributed by atoms with van der Waals surface area (Å²) in [5.41, 5.74) is 0. The maximum atomic E-state index is 10.6. The first-order valence-electron chi connectivity index (χ1n) is 8.96. The standard InChI is InChI=1S/C17H24N2O10/c1-3-4-25-18-5-8-11(21)13(23)14(24)17(27-8)29-15-9(6-20)28-16-10(12(15)22)19-7(2)26-16/h1,5,8-17,20-24H,4,6H2,2H3/b18-5+/t8?,9?,10?,11-,12+,13-,14?,15+,16-,17-/m0/s1. The van der Waals surface area contributed by atoms with Crippen molar-refractivity contribution in [2.75, 3.05) is 13.2 Å². The average Bonchev–Trinajstić information content (AvgIpc) is 3.08. The number of hydrogen-bond acceptors (Lipinski definition) is 12. The summed E-state index contributed by atoms with van der Waals surface area (Å²) < 4.78 is 22.0. The van der Waals surface area contributed by atoms with E-state index in [1.165, 1.54) is 0 Å². The van der Waals surface area contributed by atoms with E-state index in [-0.39, 0.29) is 6.61 Å². The summed E-state index contributed by atoms with van der Waals surface area (Å²) in [6.45, 7) is 0.959. The molecule has 12 nitrogen and oxygen atoms in total. The zero-order chi connectivity index (χ0) is 21.1. The molecule has 0 bridgehead atoms. The summed E-state index contributed by atoms with van der Waals surface area (Å²) in [4.78, 5) is 8.86. The first kappa shape index (κ1) is 21.9. The van der Waals surface area contributed by atoms with Crippen molar-refractivity contribution in [3.63, 3.8) is 0 Å². The first-order chi connectivity index (χ1) is 13.9. The van der Waals surface area contributed by atoms with E-state index >= 15 is 0 Å². The number of aliphatic hydroxyl groups is 5. The molecule has 3 aliphatic heterocycles. The second kappa shape index (κ2) is 9.33. The number of nitrogens with zero attached hydrogens (tertiary/aromatic N) is 2. The Kier molecular flexibility index (Phi) is 7.04. The van der Waals surface area contributed by atoms with Gasteiger partial charge >= 0.3 is 0 Å². The van der Waals surface area contributed by atoms with Crippen LogP contribution in [0.3, 0.4) is 0 Å². The number of fused-ring (bicyclic) bond motifs is 1. The number of hydrogen-bond donors (Lipinski definition) is 5. The van der Waals surface area contributed by atoms with Crippen LogP contribution in [0, 0.1) is 12.3 Å². The minimum atomic E-state index is -1.66. The Morgan fingerprint density at radius 3 is 2.62 bits per heavy atom. The molecule has 3 aliphatic rings. The van der Waals surface area contributed by atoms with Crippen LogP contribution in [0.5, 0.6) is 0 Å². The second-order valence-electron chi connectivity index (χ2n) is 6.75. The molecule has 0 amide bonds. The van der Waals surface area contributed by atoms with Crippen LogP contribution in [0.4, 0.5) is 0 Å². The zero-order valence-electron chi connectivity index (χ0n) is 15.5. The van der Waals surface area contributed by atoms with Gasteiger partial charge in [0.05, 0.1) is 12.8 Å². The molecular weight excluding hydrogens is 392 g/mol. The van der Waals surface area contributed by atoms with E-state index in [2.05, 4.69) is 16.1 Å². The van der Waals surface area contributed by atoms with Crippen molar-refractivity contribution < 1.29 is 49.3 Å². The Balaban J connectivity index is 1.72. The Hall–Kier alpha value is -1.82. The number of terminal acetylenes is 1. The van der Waals surface area contributed by atoms with Gasteiger partial charge in [-0.1, -0.05) is 11.1 Å². The predicted molar refractivity (Wildman–Crippen MR) is 94.6 cm³/mol. The fraction of sp³-hybridized carbons (Fsp3) is 0.765. The van der Waals surface area contributed by atoms with Gasteiger partial charge in [-0.25, -0.2) is 4.99 Å². The lowest BCUT2D eigenvalue weighted by atomic mass is 9.96. The number of ether oxygens (including phenoxy) is 4. The summed E-state index contributed by atoms with van der Waals surface area (Å²) in [5, 5.41) is 54.2. The summed E-state index contributed by atoms with van der Waals surface area (Å²) >= 11 is 0. The fourth-order valence-corrected chi connectivity index (χ4v) is 3.31. The smallest absolute Gasteiger partial charge is 0.227 e. The average molecular weight is 416 g/mol. The molecule has 10 atom stereocenters. The van der Waals surface area contributed by atoms with Crippen LogP contribution in [0.1, 0.15) is 6.92 Å². The lowest BCUT2D eigenvalue weighted by Gasteiger charge is -2.44. The summed E-state index contributed by atoms with van der Waals surface area (Å²) in [5.74, 6) is 2.51. The number of rotatable bonds is 6. The van der Waals surface area contributed by atoms with E-state index < -0.39 is 68.0 Å². The van der Waals surface area contributed by atoms with Crippen molar-refractivity contribution in [1.29, 1.82) is 0 Å². The van der Waals surface area contributed by atoms with E-state index in [1.54, 1.807) is 6.92 Å². The Morgan fingerprint density at radius 1 is 1.17 bits per heavy atom. The van der Waals surface area contributed by atoms with E-state index in [9.17, 15) is 25.5 Å². The van der Waals surface area contributed by atoms with E-state index in [1.807, 2.05) is 0 Å². The lowest BCUT2D eigenvalue weighted by molar-refractivity contribution is -0.330. The SMILES string of the molecule is C#CCO/N=C/C1O[C@@H](O[C@@H]2C(CO)O[C@@H]3OC(C)=NC3[C@H]2O)C(O)[C@@H](O)[C@H]1O. The molecule has 29 heavy (non-hydrogen) atoms. The maximum absolute atomic E-state index is 10.6. The number of aliphatic hydroxyl groups excluding tert-OH is 5. The van der Waals surface area contributed by atoms with Crippen molar-refractivity contribution in [3.05, 3.63) is 0 Å². The lowest BCUT2D eigenvalue weighted by Crippen LogP contribution is -2.63. The second-order valence-corrected chi connectivity index (χ2v) is 6.75. The molecule has 3 rings (SSSR count). The quantitative estimate of drug-likeness (QED) is 0.128. The molecule has 2 fully saturated rings. The van der Waals surface area contributed by atoms with Crippen LogP contribution < -0.4 is 0 Å². The molecule has 0 saturated carbocycles. The summed E-state index contributed by atoms with van der Waals surface area (Å²) in [6, 6.07) is -0.798. The van der Waals surface area contributed by atoms with Crippen LogP contribution >= 0.6 is 0 Å². The van der Waals surface area contributed by atoms with Gasteiger partial charge in [-0.2, -0.15) is 0 Å². The third-order valence-electron chi connectivity index (χ3n) is 4.77. The topological polar surface area (TPSA) is 172 Å². The molecule has 0 aromatic heterocycles. The minimum absolute atomic E-state index is 0.112. The van der Waals surface area contributed by atoms with Gasteiger partial charge < -0.3 is 49.3 Å². The minimum Gasteiger partial charge on any atom is -0.450 e. The maximum Gasteiger partial charge on any atom is 0.227 e. The molecule has 0 aromatic rings. The molecule has 2 saturated heterocycles. The zero-order valence-corrected chi connectivity index (χ0v) is 15.5. The monoisotopic (exact) mass is 416 g/mol. The van der Waals surface area contributed by atoms with Crippen molar-refractivity contribution in [1.82, 2.24) is 0 Å². The highest BCUT2D eigenvalue weighted by atomic mass is 16.7. The van der Waals surface area contributed by atoms with Crippen molar-refractivity contribution in [2.45, 2.75) is 68.3 Å². The van der Waals surface area contributed by atoms with Crippen LogP contribution in [0.2, 0.25) is 0 Å². The van der Waals surface area contributed by atoms with Crippen molar-refractivity contribution in [2.24, 2.45) is 10.1 Å². The molecule has 4 unspecified atom stereocenters. The summed E-state index contributed by atoms with van der Waals surface area (Å²) in [6.07, 6.45) is -5.74.